The third kappa shape index (κ3) is 5.61. The molecule has 4 rings (SSSR count). The number of rotatable bonds is 9. The van der Waals surface area contributed by atoms with Crippen molar-refractivity contribution >= 4 is 34.2 Å². The number of hydrogen-bond acceptors (Lipinski definition) is 5. The monoisotopic (exact) mass is 492 g/mol. The molecule has 0 unspecified atom stereocenters. The molecule has 35 heavy (non-hydrogen) atoms. The lowest BCUT2D eigenvalue weighted by Gasteiger charge is -2.14. The molecule has 0 bridgehead atoms. The Morgan fingerprint density at radius 2 is 1.77 bits per heavy atom. The number of aliphatic hydroxyl groups excluding tert-OH is 1. The topological polar surface area (TPSA) is 72.7 Å². The first-order valence-electron chi connectivity index (χ1n) is 11.6. The maximum absolute atomic E-state index is 12.9. The fourth-order valence-electron chi connectivity index (χ4n) is 4.03. The average molecular weight is 493 g/mol. The van der Waals surface area contributed by atoms with Gasteiger partial charge in [0.05, 0.1) is 17.7 Å². The average Bonchev–Trinajstić information content (AvgIpc) is 3.14. The fourth-order valence-corrected chi connectivity index (χ4v) is 4.16. The van der Waals surface area contributed by atoms with Crippen LogP contribution in [-0.2, 0) is 4.74 Å². The highest BCUT2D eigenvalue weighted by atomic mass is 35.5. The van der Waals surface area contributed by atoms with E-state index >= 15 is 0 Å². The zero-order chi connectivity index (χ0) is 24.9. The molecule has 0 radical (unpaired) electrons. The van der Waals surface area contributed by atoms with Crippen LogP contribution in [-0.4, -0.2) is 41.5 Å². The number of anilines is 1. The number of aliphatic hydroxyl groups is 1. The Morgan fingerprint density at radius 3 is 2.46 bits per heavy atom. The lowest BCUT2D eigenvalue weighted by atomic mass is 10.1. The first-order chi connectivity index (χ1) is 16.9. The second kappa shape index (κ2) is 10.8. The van der Waals surface area contributed by atoms with Crippen molar-refractivity contribution in [2.75, 3.05) is 25.1 Å². The summed E-state index contributed by atoms with van der Waals surface area (Å²) in [6.45, 7) is 6.45. The van der Waals surface area contributed by atoms with E-state index in [0.717, 1.165) is 33.5 Å². The summed E-state index contributed by atoms with van der Waals surface area (Å²) in [6.07, 6.45) is -0.732. The highest BCUT2D eigenvalue weighted by Gasteiger charge is 2.22. The number of halogens is 1. The Balaban J connectivity index is 1.57. The number of fused-ring (bicyclic) bond motifs is 1. The van der Waals surface area contributed by atoms with Crippen LogP contribution < -0.4 is 10.1 Å². The van der Waals surface area contributed by atoms with E-state index in [9.17, 15) is 9.90 Å². The van der Waals surface area contributed by atoms with Crippen LogP contribution in [0.1, 0.15) is 28.5 Å². The minimum Gasteiger partial charge on any atom is -0.491 e. The van der Waals surface area contributed by atoms with E-state index < -0.39 is 6.10 Å². The molecule has 0 fully saturated rings. The van der Waals surface area contributed by atoms with E-state index in [-0.39, 0.29) is 12.6 Å². The first-order valence-corrected chi connectivity index (χ1v) is 11.9. The van der Waals surface area contributed by atoms with Crippen molar-refractivity contribution in [1.29, 1.82) is 0 Å². The van der Waals surface area contributed by atoms with Gasteiger partial charge < -0.3 is 24.5 Å². The van der Waals surface area contributed by atoms with Gasteiger partial charge in [-0.2, -0.15) is 0 Å². The molecule has 1 aromatic heterocycles. The smallest absolute Gasteiger partial charge is 0.340 e. The molecule has 4 aromatic rings. The molecule has 0 aliphatic rings. The maximum Gasteiger partial charge on any atom is 0.340 e. The van der Waals surface area contributed by atoms with Gasteiger partial charge in [-0.15, -0.1) is 0 Å². The van der Waals surface area contributed by atoms with Gasteiger partial charge in [0.1, 0.15) is 18.5 Å². The number of esters is 1. The first kappa shape index (κ1) is 24.6. The van der Waals surface area contributed by atoms with Crippen LogP contribution in [0.2, 0.25) is 5.02 Å². The van der Waals surface area contributed by atoms with Crippen LogP contribution in [0.5, 0.6) is 5.75 Å². The molecule has 0 spiro atoms. The second-order valence-electron chi connectivity index (χ2n) is 8.38. The van der Waals surface area contributed by atoms with Gasteiger partial charge in [0.25, 0.3) is 0 Å². The summed E-state index contributed by atoms with van der Waals surface area (Å²) >= 11 is 5.91. The van der Waals surface area contributed by atoms with Crippen molar-refractivity contribution < 1.29 is 19.4 Å². The van der Waals surface area contributed by atoms with E-state index in [4.69, 9.17) is 21.1 Å². The molecule has 0 saturated carbocycles. The Bertz CT molecular complexity index is 1310. The number of carbonyl (C=O) groups is 1. The van der Waals surface area contributed by atoms with E-state index in [1.165, 1.54) is 0 Å². The van der Waals surface area contributed by atoms with E-state index in [0.29, 0.717) is 29.5 Å². The van der Waals surface area contributed by atoms with Crippen LogP contribution >= 0.6 is 11.6 Å². The Kier molecular flexibility index (Phi) is 7.63. The van der Waals surface area contributed by atoms with Gasteiger partial charge in [-0.25, -0.2) is 4.79 Å². The summed E-state index contributed by atoms with van der Waals surface area (Å²) < 4.78 is 13.3. The summed E-state index contributed by atoms with van der Waals surface area (Å²) in [7, 11) is 0. The van der Waals surface area contributed by atoms with E-state index in [1.54, 1.807) is 19.1 Å². The summed E-state index contributed by atoms with van der Waals surface area (Å²) in [5.41, 5.74) is 5.18. The predicted octanol–water partition coefficient (Wildman–Crippen LogP) is 5.93. The second-order valence-corrected chi connectivity index (χ2v) is 8.82. The summed E-state index contributed by atoms with van der Waals surface area (Å²) in [5, 5.41) is 14.9. The van der Waals surface area contributed by atoms with Crippen molar-refractivity contribution in [1.82, 2.24) is 4.57 Å². The van der Waals surface area contributed by atoms with Crippen molar-refractivity contribution in [2.45, 2.75) is 26.9 Å². The molecule has 6 nitrogen and oxygen atoms in total. The molecule has 3 aromatic carbocycles. The molecule has 0 amide bonds. The lowest BCUT2D eigenvalue weighted by molar-refractivity contribution is 0.0527. The van der Waals surface area contributed by atoms with Crippen LogP contribution in [0.25, 0.3) is 16.6 Å². The lowest BCUT2D eigenvalue weighted by Crippen LogP contribution is -2.26. The van der Waals surface area contributed by atoms with Gasteiger partial charge in [-0.3, -0.25) is 0 Å². The third-order valence-corrected chi connectivity index (χ3v) is 6.03. The van der Waals surface area contributed by atoms with Gasteiger partial charge in [0.2, 0.25) is 0 Å². The molecule has 182 valence electrons. The minimum atomic E-state index is -0.732. The minimum absolute atomic E-state index is 0.0957. The Hall–Kier alpha value is -3.48. The fraction of sp³-hybridized carbons (Fsp3) is 0.250. The van der Waals surface area contributed by atoms with Crippen LogP contribution in [0.3, 0.4) is 0 Å². The van der Waals surface area contributed by atoms with Gasteiger partial charge >= 0.3 is 5.97 Å². The van der Waals surface area contributed by atoms with Gasteiger partial charge in [-0.05, 0) is 75.4 Å². The van der Waals surface area contributed by atoms with E-state index in [2.05, 4.69) is 9.88 Å². The largest absolute Gasteiger partial charge is 0.491 e. The molecule has 0 aliphatic carbocycles. The van der Waals surface area contributed by atoms with Gasteiger partial charge in [-0.1, -0.05) is 29.3 Å². The van der Waals surface area contributed by atoms with Crippen molar-refractivity contribution in [3.63, 3.8) is 0 Å². The maximum atomic E-state index is 12.9. The quantitative estimate of drug-likeness (QED) is 0.283. The Morgan fingerprint density at radius 1 is 1.06 bits per heavy atom. The number of ether oxygens (including phenoxy) is 2. The number of carbonyl (C=O) groups excluding carboxylic acids is 1. The standard InChI is InChI=1S/C28H29ClN2O4/c1-4-34-28(33)27-19(3)31(22-11-5-18(2)6-12-22)26-14-13-24(15-25(26)27)35-17-23(32)16-30-21-9-7-20(29)8-10-21/h5-15,23,30,32H,4,16-17H2,1-3H3/t23-/m1/s1. The van der Waals surface area contributed by atoms with Crippen molar-refractivity contribution in [3.8, 4) is 11.4 Å². The summed E-state index contributed by atoms with van der Waals surface area (Å²) in [6, 6.07) is 21.0. The molecule has 1 atom stereocenters. The van der Waals surface area contributed by atoms with Gasteiger partial charge in [0, 0.05) is 34.0 Å². The van der Waals surface area contributed by atoms with Crippen LogP contribution in [0.15, 0.2) is 66.7 Å². The molecule has 1 heterocycles. The number of hydrogen-bond donors (Lipinski definition) is 2. The number of aromatic nitrogens is 1. The number of aryl methyl sites for hydroxylation is 1. The van der Waals surface area contributed by atoms with E-state index in [1.807, 2.05) is 68.4 Å². The number of benzene rings is 3. The normalized spacial score (nSPS) is 11.9. The highest BCUT2D eigenvalue weighted by Crippen LogP contribution is 2.32. The van der Waals surface area contributed by atoms with Crippen LogP contribution in [0, 0.1) is 13.8 Å². The molecule has 0 saturated heterocycles. The molecule has 7 heteroatoms. The molecule has 2 N–H and O–H groups in total. The Labute approximate surface area is 210 Å². The highest BCUT2D eigenvalue weighted by molar-refractivity contribution is 6.30. The number of nitrogens with zero attached hydrogens (tertiary/aromatic N) is 1. The zero-order valence-electron chi connectivity index (χ0n) is 20.0. The third-order valence-electron chi connectivity index (χ3n) is 5.78. The predicted molar refractivity (Wildman–Crippen MR) is 140 cm³/mol. The molecular weight excluding hydrogens is 464 g/mol. The summed E-state index contributed by atoms with van der Waals surface area (Å²) in [5.74, 6) is 0.194. The van der Waals surface area contributed by atoms with Crippen molar-refractivity contribution in [3.05, 3.63) is 88.6 Å². The zero-order valence-corrected chi connectivity index (χ0v) is 20.8. The number of nitrogens with one attached hydrogen (secondary N) is 1. The van der Waals surface area contributed by atoms with Gasteiger partial charge in [0.15, 0.2) is 0 Å². The molecule has 0 aliphatic heterocycles. The molecular formula is C28H29ClN2O4. The van der Waals surface area contributed by atoms with Crippen LogP contribution in [0.4, 0.5) is 5.69 Å². The van der Waals surface area contributed by atoms with Crippen molar-refractivity contribution in [2.24, 2.45) is 0 Å². The SMILES string of the molecule is CCOC(=O)c1c(C)n(-c2ccc(C)cc2)c2ccc(OC[C@H](O)CNc3ccc(Cl)cc3)cc12. The summed E-state index contributed by atoms with van der Waals surface area (Å²) in [4.78, 5) is 12.9.